The summed E-state index contributed by atoms with van der Waals surface area (Å²) in [6.45, 7) is 1.76. The third-order valence-electron chi connectivity index (χ3n) is 2.04. The molecule has 0 aliphatic rings. The van der Waals surface area contributed by atoms with Crippen LogP contribution < -0.4 is 11.1 Å². The van der Waals surface area contributed by atoms with Crippen LogP contribution in [0.3, 0.4) is 0 Å². The van der Waals surface area contributed by atoms with Crippen molar-refractivity contribution in [2.45, 2.75) is 13.0 Å². The molecule has 0 spiro atoms. The number of benzene rings is 1. The summed E-state index contributed by atoms with van der Waals surface area (Å²) in [4.78, 5) is 10.5. The Morgan fingerprint density at radius 3 is 2.87 bits per heavy atom. The van der Waals surface area contributed by atoms with E-state index in [-0.39, 0.29) is 18.3 Å². The first-order chi connectivity index (χ1) is 7.00. The van der Waals surface area contributed by atoms with Crippen molar-refractivity contribution >= 4 is 5.91 Å². The van der Waals surface area contributed by atoms with E-state index < -0.39 is 11.7 Å². The normalized spacial score (nSPS) is 12.4. The van der Waals surface area contributed by atoms with Crippen molar-refractivity contribution in [3.8, 4) is 5.75 Å². The smallest absolute Gasteiger partial charge is 0.231 e. The minimum Gasteiger partial charge on any atom is -0.508 e. The number of primary amides is 1. The number of rotatable bonds is 4. The number of hydrogen-bond acceptors (Lipinski definition) is 3. The van der Waals surface area contributed by atoms with Gasteiger partial charge in [0.05, 0.1) is 6.54 Å². The Labute approximate surface area is 86.9 Å². The van der Waals surface area contributed by atoms with Crippen LogP contribution in [0.25, 0.3) is 0 Å². The highest BCUT2D eigenvalue weighted by atomic mass is 19.1. The quantitative estimate of drug-likeness (QED) is 0.686. The van der Waals surface area contributed by atoms with E-state index in [0.717, 1.165) is 6.07 Å². The van der Waals surface area contributed by atoms with Gasteiger partial charge >= 0.3 is 0 Å². The number of carbonyl (C=O) groups excluding carboxylic acids is 1. The first-order valence-corrected chi connectivity index (χ1v) is 4.51. The van der Waals surface area contributed by atoms with Crippen molar-refractivity contribution in [1.82, 2.24) is 5.32 Å². The number of aromatic hydroxyl groups is 1. The number of hydrogen-bond donors (Lipinski definition) is 3. The lowest BCUT2D eigenvalue weighted by atomic mass is 10.1. The fraction of sp³-hybridized carbons (Fsp3) is 0.300. The summed E-state index contributed by atoms with van der Waals surface area (Å²) >= 11 is 0. The van der Waals surface area contributed by atoms with Crippen LogP contribution >= 0.6 is 0 Å². The molecule has 1 rings (SSSR count). The zero-order valence-corrected chi connectivity index (χ0v) is 8.33. The maximum Gasteiger partial charge on any atom is 0.231 e. The van der Waals surface area contributed by atoms with E-state index in [1.807, 2.05) is 0 Å². The van der Waals surface area contributed by atoms with Gasteiger partial charge in [-0.05, 0) is 13.0 Å². The van der Waals surface area contributed by atoms with Gasteiger partial charge in [-0.1, -0.05) is 6.07 Å². The van der Waals surface area contributed by atoms with Gasteiger partial charge in [0.25, 0.3) is 0 Å². The van der Waals surface area contributed by atoms with Gasteiger partial charge in [0.15, 0.2) is 0 Å². The zero-order chi connectivity index (χ0) is 11.4. The molecule has 0 bridgehead atoms. The lowest BCUT2D eigenvalue weighted by Gasteiger charge is -2.14. The minimum absolute atomic E-state index is 0.0119. The third-order valence-corrected chi connectivity index (χ3v) is 2.04. The van der Waals surface area contributed by atoms with Crippen molar-refractivity contribution < 1.29 is 14.3 Å². The molecule has 4 nitrogen and oxygen atoms in total. The Morgan fingerprint density at radius 2 is 2.33 bits per heavy atom. The molecular formula is C10H13FN2O2. The average Bonchev–Trinajstić information content (AvgIpc) is 2.14. The molecule has 0 aliphatic carbocycles. The van der Waals surface area contributed by atoms with E-state index >= 15 is 0 Å². The van der Waals surface area contributed by atoms with Gasteiger partial charge in [-0.15, -0.1) is 0 Å². The lowest BCUT2D eigenvalue weighted by molar-refractivity contribution is -0.117. The van der Waals surface area contributed by atoms with Crippen LogP contribution in [-0.2, 0) is 4.79 Å². The largest absolute Gasteiger partial charge is 0.508 e. The Balaban J connectivity index is 2.73. The SMILES string of the molecule is CC(NCC(N)=O)c1ccc(F)cc1O. The van der Waals surface area contributed by atoms with Crippen LogP contribution in [0.4, 0.5) is 4.39 Å². The summed E-state index contributed by atoms with van der Waals surface area (Å²) in [5.74, 6) is -1.12. The molecule has 0 aliphatic heterocycles. The molecule has 1 unspecified atom stereocenters. The Morgan fingerprint density at radius 1 is 1.67 bits per heavy atom. The van der Waals surface area contributed by atoms with Crippen LogP contribution in [0.1, 0.15) is 18.5 Å². The van der Waals surface area contributed by atoms with Crippen LogP contribution in [0.5, 0.6) is 5.75 Å². The molecule has 15 heavy (non-hydrogen) atoms. The van der Waals surface area contributed by atoms with Crippen molar-refractivity contribution in [2.24, 2.45) is 5.73 Å². The van der Waals surface area contributed by atoms with Gasteiger partial charge in [0.2, 0.25) is 5.91 Å². The van der Waals surface area contributed by atoms with Gasteiger partial charge in [-0.3, -0.25) is 4.79 Å². The molecule has 0 heterocycles. The standard InChI is InChI=1S/C10H13FN2O2/c1-6(13-5-10(12)15)8-3-2-7(11)4-9(8)14/h2-4,6,13-14H,5H2,1H3,(H2,12,15). The summed E-state index contributed by atoms with van der Waals surface area (Å²) in [6, 6.07) is 3.47. The van der Waals surface area contributed by atoms with Crippen molar-refractivity contribution in [3.05, 3.63) is 29.6 Å². The summed E-state index contributed by atoms with van der Waals surface area (Å²) in [7, 11) is 0. The number of nitrogens with two attached hydrogens (primary N) is 1. The molecule has 1 amide bonds. The molecular weight excluding hydrogens is 199 g/mol. The predicted molar refractivity (Wildman–Crippen MR) is 53.7 cm³/mol. The molecule has 4 N–H and O–H groups in total. The molecule has 0 fully saturated rings. The van der Waals surface area contributed by atoms with Crippen LogP contribution in [-0.4, -0.2) is 17.6 Å². The van der Waals surface area contributed by atoms with Crippen molar-refractivity contribution in [2.75, 3.05) is 6.54 Å². The lowest BCUT2D eigenvalue weighted by Crippen LogP contribution is -2.30. The molecule has 1 atom stereocenters. The fourth-order valence-electron chi connectivity index (χ4n) is 1.25. The number of phenols is 1. The maximum atomic E-state index is 12.7. The average molecular weight is 212 g/mol. The molecule has 0 radical (unpaired) electrons. The second-order valence-corrected chi connectivity index (χ2v) is 3.27. The molecule has 82 valence electrons. The third kappa shape index (κ3) is 3.21. The highest BCUT2D eigenvalue weighted by Crippen LogP contribution is 2.24. The van der Waals surface area contributed by atoms with Crippen LogP contribution in [0.2, 0.25) is 0 Å². The summed E-state index contributed by atoms with van der Waals surface area (Å²) in [6.07, 6.45) is 0. The van der Waals surface area contributed by atoms with Crippen LogP contribution in [0.15, 0.2) is 18.2 Å². The summed E-state index contributed by atoms with van der Waals surface area (Å²) in [5, 5.41) is 12.2. The second kappa shape index (κ2) is 4.75. The van der Waals surface area contributed by atoms with Gasteiger partial charge < -0.3 is 16.2 Å². The molecule has 0 aromatic heterocycles. The van der Waals surface area contributed by atoms with E-state index in [2.05, 4.69) is 5.32 Å². The van der Waals surface area contributed by atoms with Crippen molar-refractivity contribution in [1.29, 1.82) is 0 Å². The number of halogens is 1. The Bertz CT molecular complexity index is 368. The van der Waals surface area contributed by atoms with Crippen molar-refractivity contribution in [3.63, 3.8) is 0 Å². The van der Waals surface area contributed by atoms with E-state index in [0.29, 0.717) is 5.56 Å². The second-order valence-electron chi connectivity index (χ2n) is 3.27. The summed E-state index contributed by atoms with van der Waals surface area (Å²) < 4.78 is 12.7. The number of amides is 1. The topological polar surface area (TPSA) is 75.3 Å². The van der Waals surface area contributed by atoms with E-state index in [9.17, 15) is 14.3 Å². The number of nitrogens with one attached hydrogen (secondary N) is 1. The first kappa shape index (κ1) is 11.5. The predicted octanol–water partition coefficient (Wildman–Crippen LogP) is 0.667. The molecule has 0 saturated heterocycles. The van der Waals surface area contributed by atoms with Gasteiger partial charge in [-0.2, -0.15) is 0 Å². The number of carbonyl (C=O) groups is 1. The van der Waals surface area contributed by atoms with Gasteiger partial charge in [0, 0.05) is 17.7 Å². The van der Waals surface area contributed by atoms with Gasteiger partial charge in [0.1, 0.15) is 11.6 Å². The first-order valence-electron chi connectivity index (χ1n) is 4.51. The van der Waals surface area contributed by atoms with E-state index in [1.165, 1.54) is 12.1 Å². The molecule has 1 aromatic rings. The van der Waals surface area contributed by atoms with Crippen LogP contribution in [0, 0.1) is 5.82 Å². The molecule has 5 heteroatoms. The highest BCUT2D eigenvalue weighted by molar-refractivity contribution is 5.75. The Kier molecular flexibility index (Phi) is 3.62. The monoisotopic (exact) mass is 212 g/mol. The molecule has 1 aromatic carbocycles. The van der Waals surface area contributed by atoms with E-state index in [1.54, 1.807) is 6.92 Å². The maximum absolute atomic E-state index is 12.7. The Hall–Kier alpha value is -1.62. The molecule has 0 saturated carbocycles. The fourth-order valence-corrected chi connectivity index (χ4v) is 1.25. The number of phenolic OH excluding ortho intramolecular Hbond substituents is 1. The highest BCUT2D eigenvalue weighted by Gasteiger charge is 2.10. The minimum atomic E-state index is -0.502. The zero-order valence-electron chi connectivity index (χ0n) is 8.33. The van der Waals surface area contributed by atoms with E-state index in [4.69, 9.17) is 5.73 Å². The van der Waals surface area contributed by atoms with Gasteiger partial charge in [-0.25, -0.2) is 4.39 Å². The summed E-state index contributed by atoms with van der Waals surface area (Å²) in [5.41, 5.74) is 5.48.